The fraction of sp³-hybridized carbons (Fsp3) is 0.333. The molecule has 0 saturated carbocycles. The minimum atomic E-state index is -1.57. The van der Waals surface area contributed by atoms with E-state index in [-0.39, 0.29) is 30.2 Å². The number of barbiturate groups is 1. The second kappa shape index (κ2) is 7.91. The Balaban J connectivity index is 2.30. The van der Waals surface area contributed by atoms with E-state index in [0.29, 0.717) is 14.9 Å². The molecule has 2 heterocycles. The Hall–Kier alpha value is -2.79. The smallest absolute Gasteiger partial charge is 0.328 e. The van der Waals surface area contributed by atoms with Crippen LogP contribution in [0.1, 0.15) is 28.7 Å². The fourth-order valence-electron chi connectivity index (χ4n) is 3.53. The molecule has 1 aliphatic heterocycles. The summed E-state index contributed by atoms with van der Waals surface area (Å²) in [7, 11) is 0. The number of aromatic nitrogens is 2. The van der Waals surface area contributed by atoms with Gasteiger partial charge in [0.1, 0.15) is 35.6 Å². The first kappa shape index (κ1) is 20.9. The average molecular weight is 469 g/mol. The predicted octanol–water partition coefficient (Wildman–Crippen LogP) is 0.746. The molecule has 0 aliphatic carbocycles. The summed E-state index contributed by atoms with van der Waals surface area (Å²) in [4.78, 5) is 36.6. The van der Waals surface area contributed by atoms with Gasteiger partial charge >= 0.3 is 6.03 Å². The van der Waals surface area contributed by atoms with Gasteiger partial charge in [-0.15, -0.1) is 0 Å². The number of carbonyl (C=O) groups excluding carboxylic acids is 3. The first-order chi connectivity index (χ1) is 13.7. The first-order valence-electron chi connectivity index (χ1n) is 8.68. The third kappa shape index (κ3) is 3.62. The topological polar surface area (TPSA) is 127 Å². The zero-order valence-corrected chi connectivity index (χ0v) is 17.1. The number of hydrogen-bond donors (Lipinski definition) is 3. The minimum absolute atomic E-state index is 0.000776. The zero-order valence-electron chi connectivity index (χ0n) is 15.5. The number of amides is 4. The zero-order chi connectivity index (χ0) is 21.5. The summed E-state index contributed by atoms with van der Waals surface area (Å²) in [5.74, 6) is -5.63. The number of urea groups is 1. The van der Waals surface area contributed by atoms with Crippen molar-refractivity contribution in [1.82, 2.24) is 15.2 Å². The van der Waals surface area contributed by atoms with E-state index >= 15 is 0 Å². The van der Waals surface area contributed by atoms with Gasteiger partial charge in [0.2, 0.25) is 11.8 Å². The highest BCUT2D eigenvalue weighted by atomic mass is 79.9. The number of benzene rings is 1. The van der Waals surface area contributed by atoms with Crippen molar-refractivity contribution in [2.24, 2.45) is 5.92 Å². The van der Waals surface area contributed by atoms with Gasteiger partial charge in [-0.3, -0.25) is 20.2 Å². The number of aliphatic hydroxyl groups is 1. The molecule has 9 nitrogen and oxygen atoms in total. The lowest BCUT2D eigenvalue weighted by Crippen LogP contribution is -2.58. The number of rotatable bonds is 5. The van der Waals surface area contributed by atoms with Gasteiger partial charge in [0, 0.05) is 23.9 Å². The number of nitrogens with zero attached hydrogens (tertiary/aromatic N) is 2. The van der Waals surface area contributed by atoms with Crippen LogP contribution in [0.25, 0.3) is 0 Å². The largest absolute Gasteiger partial charge is 0.711 e. The van der Waals surface area contributed by atoms with Crippen molar-refractivity contribution < 1.29 is 28.6 Å². The van der Waals surface area contributed by atoms with Gasteiger partial charge in [-0.1, -0.05) is 22.0 Å². The number of hydrogen-bond acceptors (Lipinski definition) is 5. The van der Waals surface area contributed by atoms with Crippen molar-refractivity contribution in [2.45, 2.75) is 26.3 Å². The van der Waals surface area contributed by atoms with Crippen LogP contribution in [-0.4, -0.2) is 34.1 Å². The average Bonchev–Trinajstić information content (AvgIpc) is 2.83. The van der Waals surface area contributed by atoms with Crippen LogP contribution in [0, 0.1) is 30.8 Å². The van der Waals surface area contributed by atoms with Crippen LogP contribution in [0.5, 0.6) is 0 Å². The molecule has 1 saturated heterocycles. The molecular weight excluding hydrogens is 451 g/mol. The van der Waals surface area contributed by atoms with Crippen LogP contribution < -0.4 is 15.4 Å². The van der Waals surface area contributed by atoms with Gasteiger partial charge in [0.15, 0.2) is 0 Å². The maximum absolute atomic E-state index is 14.9. The standard InChI is InChI=1S/C18H18BrFN4O5/c1-8-9(2)24(29)17(23(8)5-6-25)13(11-4-3-10(19)7-12(11)20)14-15(26)21-18(28)22-16(14)27/h3-4,7,13-14,25H,5-6H2,1-2H3,(H2,21,22,26,27,28). The van der Waals surface area contributed by atoms with Crippen molar-refractivity contribution in [3.05, 3.63) is 56.5 Å². The Labute approximate surface area is 173 Å². The van der Waals surface area contributed by atoms with Crippen LogP contribution in [-0.2, 0) is 16.1 Å². The van der Waals surface area contributed by atoms with Crippen LogP contribution in [0.2, 0.25) is 0 Å². The van der Waals surface area contributed by atoms with Crippen molar-refractivity contribution in [2.75, 3.05) is 6.61 Å². The van der Waals surface area contributed by atoms with Gasteiger partial charge in [-0.2, -0.15) is 0 Å². The molecule has 11 heteroatoms. The molecule has 4 amide bonds. The van der Waals surface area contributed by atoms with Crippen molar-refractivity contribution in [3.8, 4) is 0 Å². The summed E-state index contributed by atoms with van der Waals surface area (Å²) in [6, 6.07) is 3.05. The predicted molar refractivity (Wildman–Crippen MR) is 101 cm³/mol. The Morgan fingerprint density at radius 1 is 1.28 bits per heavy atom. The van der Waals surface area contributed by atoms with Crippen LogP contribution in [0.15, 0.2) is 22.7 Å². The summed E-state index contributed by atoms with van der Waals surface area (Å²) >= 11 is 3.15. The quantitative estimate of drug-likeness (QED) is 0.338. The van der Waals surface area contributed by atoms with Crippen LogP contribution >= 0.6 is 15.9 Å². The molecule has 0 bridgehead atoms. The van der Waals surface area contributed by atoms with E-state index in [2.05, 4.69) is 15.9 Å². The molecular formula is C18H18BrFN4O5. The first-order valence-corrected chi connectivity index (χ1v) is 9.47. The van der Waals surface area contributed by atoms with E-state index in [1.807, 2.05) is 10.6 Å². The molecule has 1 unspecified atom stereocenters. The molecule has 3 N–H and O–H groups in total. The minimum Gasteiger partial charge on any atom is -0.711 e. The highest BCUT2D eigenvalue weighted by Crippen LogP contribution is 2.35. The van der Waals surface area contributed by atoms with E-state index < -0.39 is 35.5 Å². The molecule has 1 aromatic heterocycles. The van der Waals surface area contributed by atoms with Crippen molar-refractivity contribution >= 4 is 33.8 Å². The van der Waals surface area contributed by atoms with Crippen molar-refractivity contribution in [3.63, 3.8) is 0 Å². The number of aliphatic hydroxyl groups excluding tert-OH is 1. The van der Waals surface area contributed by atoms with Crippen LogP contribution in [0.3, 0.4) is 0 Å². The maximum Gasteiger partial charge on any atom is 0.328 e. The Morgan fingerprint density at radius 3 is 2.45 bits per heavy atom. The third-order valence-corrected chi connectivity index (χ3v) is 5.48. The van der Waals surface area contributed by atoms with E-state index in [4.69, 9.17) is 0 Å². The molecule has 1 atom stereocenters. The summed E-state index contributed by atoms with van der Waals surface area (Å²) in [5.41, 5.74) is 0.710. The van der Waals surface area contributed by atoms with Gasteiger partial charge in [-0.05, 0) is 12.1 Å². The van der Waals surface area contributed by atoms with E-state index in [9.17, 15) is 29.1 Å². The lowest BCUT2D eigenvalue weighted by molar-refractivity contribution is -0.621. The summed E-state index contributed by atoms with van der Waals surface area (Å²) in [6.45, 7) is 2.86. The van der Waals surface area contributed by atoms with E-state index in [0.717, 1.165) is 6.07 Å². The second-order valence-electron chi connectivity index (χ2n) is 6.63. The van der Waals surface area contributed by atoms with E-state index in [1.54, 1.807) is 13.8 Å². The number of halogens is 2. The second-order valence-corrected chi connectivity index (χ2v) is 7.54. The lowest BCUT2D eigenvalue weighted by atomic mass is 9.82. The molecule has 29 heavy (non-hydrogen) atoms. The Bertz CT molecular complexity index is 1000. The highest BCUT2D eigenvalue weighted by molar-refractivity contribution is 9.10. The number of imidazole rings is 1. The Morgan fingerprint density at radius 2 is 1.90 bits per heavy atom. The van der Waals surface area contributed by atoms with E-state index in [1.165, 1.54) is 16.7 Å². The maximum atomic E-state index is 14.9. The number of carbonyl (C=O) groups is 3. The van der Waals surface area contributed by atoms with Gasteiger partial charge in [0.05, 0.1) is 6.61 Å². The lowest BCUT2D eigenvalue weighted by Gasteiger charge is -2.28. The van der Waals surface area contributed by atoms with Gasteiger partial charge in [-0.25, -0.2) is 18.5 Å². The molecule has 1 aliphatic rings. The molecule has 154 valence electrons. The monoisotopic (exact) mass is 468 g/mol. The Kier molecular flexibility index (Phi) is 5.71. The summed E-state index contributed by atoms with van der Waals surface area (Å²) in [6.07, 6.45) is 0. The molecule has 1 aromatic carbocycles. The van der Waals surface area contributed by atoms with Gasteiger partial charge < -0.3 is 10.3 Å². The highest BCUT2D eigenvalue weighted by Gasteiger charge is 2.48. The third-order valence-electron chi connectivity index (χ3n) is 4.99. The normalized spacial score (nSPS) is 16.0. The molecule has 1 fully saturated rings. The summed E-state index contributed by atoms with van der Waals surface area (Å²) < 4.78 is 17.3. The fourth-order valence-corrected chi connectivity index (χ4v) is 3.86. The van der Waals surface area contributed by atoms with Gasteiger partial charge in [0.25, 0.3) is 5.82 Å². The molecule has 0 spiro atoms. The molecule has 0 radical (unpaired) electrons. The van der Waals surface area contributed by atoms with Crippen LogP contribution in [0.4, 0.5) is 9.18 Å². The summed E-state index contributed by atoms with van der Waals surface area (Å²) in [5, 5.41) is 26.4. The number of imide groups is 2. The number of nitrogens with one attached hydrogen (secondary N) is 2. The molecule has 2 aromatic rings. The molecule has 3 rings (SSSR count). The van der Waals surface area contributed by atoms with Crippen molar-refractivity contribution in [1.29, 1.82) is 0 Å². The SMILES string of the molecule is Cc1c(C)[n+]([O-])c(C(c2ccc(Br)cc2F)C2C(=O)NC(=O)NC2=O)n1CCO.